The largest absolute Gasteiger partial charge is 0.354 e. The number of rotatable bonds is 6. The van der Waals surface area contributed by atoms with Crippen LogP contribution >= 0.6 is 0 Å². The maximum Gasteiger partial charge on any atom is 0.252 e. The zero-order valence-electron chi connectivity index (χ0n) is 11.6. The van der Waals surface area contributed by atoms with Crippen molar-refractivity contribution in [2.24, 2.45) is 0 Å². The van der Waals surface area contributed by atoms with Gasteiger partial charge < -0.3 is 10.6 Å². The number of benzene rings is 1. The number of nitrogens with zero attached hydrogens (tertiary/aromatic N) is 1. The topological polar surface area (TPSA) is 71.1 Å². The van der Waals surface area contributed by atoms with E-state index in [0.29, 0.717) is 25.1 Å². The maximum atomic E-state index is 11.7. The summed E-state index contributed by atoms with van der Waals surface area (Å²) < 4.78 is 0. The Bertz CT molecular complexity index is 585. The normalized spacial score (nSPS) is 9.90. The maximum absolute atomic E-state index is 11.7. The number of nitrogens with one attached hydrogen (secondary N) is 2. The van der Waals surface area contributed by atoms with Gasteiger partial charge >= 0.3 is 0 Å². The Hall–Kier alpha value is -2.69. The summed E-state index contributed by atoms with van der Waals surface area (Å²) in [5.74, 6) is -0.253. The molecule has 0 atom stereocenters. The molecule has 1 aromatic carbocycles. The number of carbonyl (C=O) groups excluding carboxylic acids is 2. The molecule has 0 unspecified atom stereocenters. The average molecular weight is 283 g/mol. The van der Waals surface area contributed by atoms with Gasteiger partial charge in [-0.15, -0.1) is 0 Å². The molecule has 0 aliphatic carbocycles. The molecule has 0 saturated carbocycles. The lowest BCUT2D eigenvalue weighted by atomic mass is 10.1. The Kier molecular flexibility index (Phi) is 5.46. The number of pyridine rings is 1. The molecule has 2 N–H and O–H groups in total. The minimum Gasteiger partial charge on any atom is -0.354 e. The lowest BCUT2D eigenvalue weighted by molar-refractivity contribution is -0.120. The highest BCUT2D eigenvalue weighted by Crippen LogP contribution is 1.98. The van der Waals surface area contributed by atoms with Gasteiger partial charge in [-0.25, -0.2) is 0 Å². The van der Waals surface area contributed by atoms with Crippen molar-refractivity contribution in [3.05, 3.63) is 66.0 Å². The van der Waals surface area contributed by atoms with Gasteiger partial charge in [0, 0.05) is 25.5 Å². The van der Waals surface area contributed by atoms with Crippen LogP contribution in [0.2, 0.25) is 0 Å². The molecule has 0 aliphatic rings. The monoisotopic (exact) mass is 283 g/mol. The summed E-state index contributed by atoms with van der Waals surface area (Å²) in [6, 6.07) is 12.9. The molecule has 0 radical (unpaired) electrons. The predicted molar refractivity (Wildman–Crippen MR) is 79.7 cm³/mol. The molecule has 2 aromatic rings. The van der Waals surface area contributed by atoms with Gasteiger partial charge in [0.15, 0.2) is 0 Å². The van der Waals surface area contributed by atoms with Crippen molar-refractivity contribution in [3.8, 4) is 0 Å². The second-order valence-electron chi connectivity index (χ2n) is 4.51. The fourth-order valence-corrected chi connectivity index (χ4v) is 1.82. The van der Waals surface area contributed by atoms with E-state index >= 15 is 0 Å². The first-order valence-electron chi connectivity index (χ1n) is 6.74. The summed E-state index contributed by atoms with van der Waals surface area (Å²) >= 11 is 0. The van der Waals surface area contributed by atoms with Crippen molar-refractivity contribution >= 4 is 11.8 Å². The zero-order chi connectivity index (χ0) is 14.9. The molecule has 5 heteroatoms. The van der Waals surface area contributed by atoms with Crippen LogP contribution in [0.4, 0.5) is 0 Å². The lowest BCUT2D eigenvalue weighted by Gasteiger charge is -2.07. The third-order valence-electron chi connectivity index (χ3n) is 2.86. The number of carbonyl (C=O) groups is 2. The summed E-state index contributed by atoms with van der Waals surface area (Å²) in [5.41, 5.74) is 1.47. The third-order valence-corrected chi connectivity index (χ3v) is 2.86. The molecule has 1 heterocycles. The Morgan fingerprint density at radius 2 is 1.71 bits per heavy atom. The first-order valence-corrected chi connectivity index (χ1v) is 6.74. The highest BCUT2D eigenvalue weighted by Gasteiger charge is 2.05. The molecule has 5 nitrogen and oxygen atoms in total. The lowest BCUT2D eigenvalue weighted by Crippen LogP contribution is -2.35. The van der Waals surface area contributed by atoms with Crippen LogP contribution in [0.5, 0.6) is 0 Å². The van der Waals surface area contributed by atoms with Gasteiger partial charge in [-0.1, -0.05) is 30.3 Å². The highest BCUT2D eigenvalue weighted by molar-refractivity contribution is 5.93. The summed E-state index contributed by atoms with van der Waals surface area (Å²) in [7, 11) is 0. The van der Waals surface area contributed by atoms with Crippen LogP contribution in [0.1, 0.15) is 15.9 Å². The first kappa shape index (κ1) is 14.7. The smallest absolute Gasteiger partial charge is 0.252 e. The van der Waals surface area contributed by atoms with Crippen LogP contribution < -0.4 is 10.6 Å². The molecule has 21 heavy (non-hydrogen) atoms. The number of hydrogen-bond donors (Lipinski definition) is 2. The van der Waals surface area contributed by atoms with E-state index in [1.165, 1.54) is 6.20 Å². The fraction of sp³-hybridized carbons (Fsp3) is 0.188. The average Bonchev–Trinajstić information content (AvgIpc) is 2.53. The van der Waals surface area contributed by atoms with E-state index in [1.54, 1.807) is 18.3 Å². The van der Waals surface area contributed by atoms with E-state index in [-0.39, 0.29) is 11.8 Å². The number of hydrogen-bond acceptors (Lipinski definition) is 3. The summed E-state index contributed by atoms with van der Waals surface area (Å²) in [6.45, 7) is 0.784. The molecule has 2 rings (SSSR count). The van der Waals surface area contributed by atoms with Crippen LogP contribution in [0, 0.1) is 0 Å². The quantitative estimate of drug-likeness (QED) is 0.782. The molecule has 108 valence electrons. The van der Waals surface area contributed by atoms with E-state index in [1.807, 2.05) is 30.3 Å². The molecular weight excluding hydrogens is 266 g/mol. The van der Waals surface area contributed by atoms with E-state index in [9.17, 15) is 9.59 Å². The van der Waals surface area contributed by atoms with Crippen molar-refractivity contribution < 1.29 is 9.59 Å². The van der Waals surface area contributed by atoms with Crippen molar-refractivity contribution in [2.45, 2.75) is 6.42 Å². The molecule has 0 saturated heterocycles. The number of aromatic nitrogens is 1. The van der Waals surface area contributed by atoms with Gasteiger partial charge in [0.2, 0.25) is 5.91 Å². The van der Waals surface area contributed by atoms with Gasteiger partial charge in [0.05, 0.1) is 12.0 Å². The van der Waals surface area contributed by atoms with Gasteiger partial charge in [0.1, 0.15) is 0 Å². The SMILES string of the molecule is O=C(Cc1ccccc1)NCCNC(=O)c1cccnc1. The summed E-state index contributed by atoms with van der Waals surface area (Å²) in [4.78, 5) is 27.3. The van der Waals surface area contributed by atoms with E-state index in [0.717, 1.165) is 5.56 Å². The molecule has 1 aromatic heterocycles. The summed E-state index contributed by atoms with van der Waals surface area (Å²) in [5, 5.41) is 5.49. The van der Waals surface area contributed by atoms with Crippen LogP contribution in [0.3, 0.4) is 0 Å². The zero-order valence-corrected chi connectivity index (χ0v) is 11.6. The van der Waals surface area contributed by atoms with Crippen molar-refractivity contribution in [1.29, 1.82) is 0 Å². The fourth-order valence-electron chi connectivity index (χ4n) is 1.82. The molecular formula is C16H17N3O2. The minimum absolute atomic E-state index is 0.0585. The second kappa shape index (κ2) is 7.79. The van der Waals surface area contributed by atoms with Gasteiger partial charge in [0.25, 0.3) is 5.91 Å². The first-order chi connectivity index (χ1) is 10.3. The van der Waals surface area contributed by atoms with Crippen molar-refractivity contribution in [2.75, 3.05) is 13.1 Å². The van der Waals surface area contributed by atoms with E-state index in [4.69, 9.17) is 0 Å². The van der Waals surface area contributed by atoms with E-state index < -0.39 is 0 Å². The second-order valence-corrected chi connectivity index (χ2v) is 4.51. The van der Waals surface area contributed by atoms with Gasteiger partial charge in [-0.05, 0) is 17.7 Å². The van der Waals surface area contributed by atoms with Crippen LogP contribution in [-0.2, 0) is 11.2 Å². The van der Waals surface area contributed by atoms with Crippen molar-refractivity contribution in [1.82, 2.24) is 15.6 Å². The Morgan fingerprint density at radius 3 is 2.43 bits per heavy atom. The van der Waals surface area contributed by atoms with Crippen molar-refractivity contribution in [3.63, 3.8) is 0 Å². The van der Waals surface area contributed by atoms with Crippen LogP contribution in [-0.4, -0.2) is 29.9 Å². The van der Waals surface area contributed by atoms with E-state index in [2.05, 4.69) is 15.6 Å². The van der Waals surface area contributed by atoms with Gasteiger partial charge in [-0.3, -0.25) is 14.6 Å². The molecule has 0 bridgehead atoms. The molecule has 0 aliphatic heterocycles. The van der Waals surface area contributed by atoms with Crippen LogP contribution in [0.25, 0.3) is 0 Å². The highest BCUT2D eigenvalue weighted by atomic mass is 16.2. The van der Waals surface area contributed by atoms with Gasteiger partial charge in [-0.2, -0.15) is 0 Å². The Labute approximate surface area is 123 Å². The van der Waals surface area contributed by atoms with Crippen LogP contribution in [0.15, 0.2) is 54.9 Å². The standard InChI is InChI=1S/C16H17N3O2/c20-15(11-13-5-2-1-3-6-13)18-9-10-19-16(21)14-7-4-8-17-12-14/h1-8,12H,9-11H2,(H,18,20)(H,19,21). The molecule has 2 amide bonds. The molecule has 0 fully saturated rings. The molecule has 0 spiro atoms. The Morgan fingerprint density at radius 1 is 0.952 bits per heavy atom. The Balaban J connectivity index is 1.66. The third kappa shape index (κ3) is 5.06. The summed E-state index contributed by atoms with van der Waals surface area (Å²) in [6.07, 6.45) is 3.46. The number of amides is 2. The minimum atomic E-state index is -0.194. The predicted octanol–water partition coefficient (Wildman–Crippen LogP) is 1.17.